The number of likely N-dealkylation sites (tertiary alicyclic amines) is 1. The minimum Gasteiger partial charge on any atom is -0.487 e. The number of para-hydroxylation sites is 3. The Hall–Kier alpha value is -2.98. The van der Waals surface area contributed by atoms with Crippen LogP contribution in [0.4, 0.5) is 17.1 Å². The quantitative estimate of drug-likeness (QED) is 0.579. The van der Waals surface area contributed by atoms with Gasteiger partial charge in [-0.05, 0) is 48.7 Å². The van der Waals surface area contributed by atoms with Gasteiger partial charge in [-0.3, -0.25) is 0 Å². The van der Waals surface area contributed by atoms with Crippen LogP contribution in [-0.4, -0.2) is 44.7 Å². The lowest BCUT2D eigenvalue weighted by Crippen LogP contribution is -2.35. The number of fused-ring (bicyclic) bond motifs is 2. The molecule has 0 spiro atoms. The predicted octanol–water partition coefficient (Wildman–Crippen LogP) is 5.10. The molecule has 0 radical (unpaired) electrons. The van der Waals surface area contributed by atoms with E-state index in [1.165, 1.54) is 34.6 Å². The summed E-state index contributed by atoms with van der Waals surface area (Å²) in [6, 6.07) is 26.6. The van der Waals surface area contributed by atoms with E-state index in [0.29, 0.717) is 12.6 Å². The molecule has 4 heteroatoms. The molecule has 2 aliphatic rings. The highest BCUT2D eigenvalue weighted by atomic mass is 16.5. The summed E-state index contributed by atoms with van der Waals surface area (Å²) in [5.74, 6) is 0.984. The van der Waals surface area contributed by atoms with Crippen LogP contribution in [0.25, 0.3) is 0 Å². The number of hydrogen-bond donors (Lipinski definition) is 0. The summed E-state index contributed by atoms with van der Waals surface area (Å²) < 4.78 is 6.16. The zero-order valence-corrected chi connectivity index (χ0v) is 18.5. The normalized spacial score (nSPS) is 18.1. The molecule has 0 saturated carbocycles. The first-order chi connectivity index (χ1) is 15.2. The maximum atomic E-state index is 6.16. The average Bonchev–Trinajstić information content (AvgIpc) is 3.20. The smallest absolute Gasteiger partial charge is 0.143 e. The van der Waals surface area contributed by atoms with Crippen LogP contribution in [0.3, 0.4) is 0 Å². The Labute approximate surface area is 185 Å². The summed E-state index contributed by atoms with van der Waals surface area (Å²) in [5.41, 5.74) is 6.41. The molecule has 0 aliphatic carbocycles. The van der Waals surface area contributed by atoms with Crippen LogP contribution in [0.15, 0.2) is 72.8 Å². The maximum Gasteiger partial charge on any atom is 0.143 e. The molecule has 0 unspecified atom stereocenters. The lowest BCUT2D eigenvalue weighted by molar-refractivity contribution is 0.310. The summed E-state index contributed by atoms with van der Waals surface area (Å²) in [6.45, 7) is 3.95. The highest BCUT2D eigenvalue weighted by Crippen LogP contribution is 2.42. The zero-order chi connectivity index (χ0) is 21.2. The van der Waals surface area contributed by atoms with E-state index in [1.807, 2.05) is 0 Å². The first-order valence-electron chi connectivity index (χ1n) is 11.3. The van der Waals surface area contributed by atoms with Gasteiger partial charge in [-0.1, -0.05) is 42.5 Å². The van der Waals surface area contributed by atoms with E-state index in [1.54, 1.807) is 0 Å². The minimum absolute atomic E-state index is 0.458. The van der Waals surface area contributed by atoms with Crippen molar-refractivity contribution in [2.45, 2.75) is 25.5 Å². The topological polar surface area (TPSA) is 19.0 Å². The molecule has 1 saturated heterocycles. The molecule has 2 aliphatic heterocycles. The number of nitrogens with zero attached hydrogens (tertiary/aromatic N) is 3. The fraction of sp³-hybridized carbons (Fsp3) is 0.333. The van der Waals surface area contributed by atoms with E-state index in [-0.39, 0.29) is 0 Å². The van der Waals surface area contributed by atoms with Crippen molar-refractivity contribution in [2.24, 2.45) is 0 Å². The van der Waals surface area contributed by atoms with E-state index in [4.69, 9.17) is 4.74 Å². The van der Waals surface area contributed by atoms with Gasteiger partial charge in [0.2, 0.25) is 0 Å². The Morgan fingerprint density at radius 2 is 1.65 bits per heavy atom. The van der Waals surface area contributed by atoms with E-state index in [9.17, 15) is 0 Å². The zero-order valence-electron chi connectivity index (χ0n) is 18.5. The Balaban J connectivity index is 1.31. The van der Waals surface area contributed by atoms with Crippen LogP contribution in [0.1, 0.15) is 17.5 Å². The Bertz CT molecular complexity index is 983. The highest BCUT2D eigenvalue weighted by Gasteiger charge is 2.32. The summed E-state index contributed by atoms with van der Waals surface area (Å²) in [7, 11) is 4.17. The van der Waals surface area contributed by atoms with Crippen molar-refractivity contribution in [2.75, 3.05) is 43.5 Å². The van der Waals surface area contributed by atoms with E-state index >= 15 is 0 Å². The standard InChI is InChI=1S/C27H31N3O/c1-28(2)23-13-11-21(12-14-23)15-17-29-18-16-24(19-29)30-25-8-4-3-7-22(25)20-31-27-10-6-5-9-26(27)30/h3-14,24H,15-20H2,1-2H3/t24-/m1/s1. The second-order valence-corrected chi connectivity index (χ2v) is 8.81. The first kappa shape index (κ1) is 20.0. The summed E-state index contributed by atoms with van der Waals surface area (Å²) in [4.78, 5) is 7.29. The van der Waals surface area contributed by atoms with Crippen molar-refractivity contribution in [3.8, 4) is 5.75 Å². The van der Waals surface area contributed by atoms with Crippen molar-refractivity contribution in [1.82, 2.24) is 4.90 Å². The second-order valence-electron chi connectivity index (χ2n) is 8.81. The number of hydrogen-bond acceptors (Lipinski definition) is 4. The van der Waals surface area contributed by atoms with Crippen LogP contribution >= 0.6 is 0 Å². The Morgan fingerprint density at radius 3 is 2.45 bits per heavy atom. The van der Waals surface area contributed by atoms with E-state index in [2.05, 4.69) is 102 Å². The van der Waals surface area contributed by atoms with Crippen molar-refractivity contribution >= 4 is 17.1 Å². The molecule has 0 N–H and O–H groups in total. The second kappa shape index (κ2) is 8.64. The molecule has 0 amide bonds. The molecule has 3 aromatic carbocycles. The van der Waals surface area contributed by atoms with Crippen LogP contribution in [0.2, 0.25) is 0 Å². The van der Waals surface area contributed by atoms with Crippen LogP contribution < -0.4 is 14.5 Å². The largest absolute Gasteiger partial charge is 0.487 e. The third-order valence-corrected chi connectivity index (χ3v) is 6.54. The molecular formula is C27H31N3O. The van der Waals surface area contributed by atoms with Crippen molar-refractivity contribution in [1.29, 1.82) is 0 Å². The van der Waals surface area contributed by atoms with E-state index < -0.39 is 0 Å². The number of benzene rings is 3. The average molecular weight is 414 g/mol. The molecular weight excluding hydrogens is 382 g/mol. The number of anilines is 3. The van der Waals surface area contributed by atoms with Gasteiger partial charge in [-0.15, -0.1) is 0 Å². The molecule has 5 rings (SSSR count). The Morgan fingerprint density at radius 1 is 0.903 bits per heavy atom. The third kappa shape index (κ3) is 4.13. The van der Waals surface area contributed by atoms with Crippen molar-refractivity contribution < 1.29 is 4.74 Å². The van der Waals surface area contributed by atoms with Gasteiger partial charge in [-0.2, -0.15) is 0 Å². The molecule has 3 aromatic rings. The van der Waals surface area contributed by atoms with Gasteiger partial charge in [0.15, 0.2) is 0 Å². The fourth-order valence-electron chi connectivity index (χ4n) is 4.80. The lowest BCUT2D eigenvalue weighted by atomic mass is 10.1. The van der Waals surface area contributed by atoms with Gasteiger partial charge in [-0.25, -0.2) is 0 Å². The SMILES string of the molecule is CN(C)c1ccc(CCN2CC[C@@H](N3c4ccccc4COc4ccccc43)C2)cc1. The molecule has 0 bridgehead atoms. The van der Waals surface area contributed by atoms with Crippen molar-refractivity contribution in [3.63, 3.8) is 0 Å². The molecule has 2 heterocycles. The molecule has 1 fully saturated rings. The third-order valence-electron chi connectivity index (χ3n) is 6.54. The Kier molecular flexibility index (Phi) is 5.56. The lowest BCUT2D eigenvalue weighted by Gasteiger charge is -2.32. The van der Waals surface area contributed by atoms with Crippen molar-refractivity contribution in [3.05, 3.63) is 83.9 Å². The molecule has 1 atom stereocenters. The van der Waals surface area contributed by atoms with E-state index in [0.717, 1.165) is 31.8 Å². The minimum atomic E-state index is 0.458. The molecule has 0 aromatic heterocycles. The van der Waals surface area contributed by atoms with Crippen LogP contribution in [0.5, 0.6) is 5.75 Å². The predicted molar refractivity (Wildman–Crippen MR) is 129 cm³/mol. The van der Waals surface area contributed by atoms with Gasteiger partial charge in [0.05, 0.1) is 5.69 Å². The first-order valence-corrected chi connectivity index (χ1v) is 11.3. The molecule has 160 valence electrons. The van der Waals surface area contributed by atoms with Gasteiger partial charge in [0, 0.05) is 56.7 Å². The van der Waals surface area contributed by atoms with Gasteiger partial charge in [0.25, 0.3) is 0 Å². The fourth-order valence-corrected chi connectivity index (χ4v) is 4.80. The molecule has 4 nitrogen and oxygen atoms in total. The number of rotatable bonds is 5. The summed E-state index contributed by atoms with van der Waals surface area (Å²) in [5, 5.41) is 0. The van der Waals surface area contributed by atoms with Gasteiger partial charge < -0.3 is 19.4 Å². The number of ether oxygens (including phenoxy) is 1. The van der Waals surface area contributed by atoms with Gasteiger partial charge in [0.1, 0.15) is 12.4 Å². The monoisotopic (exact) mass is 413 g/mol. The van der Waals surface area contributed by atoms with Crippen LogP contribution in [-0.2, 0) is 13.0 Å². The van der Waals surface area contributed by atoms with Crippen LogP contribution in [0, 0.1) is 0 Å². The highest BCUT2D eigenvalue weighted by molar-refractivity contribution is 5.73. The molecule has 31 heavy (non-hydrogen) atoms. The summed E-state index contributed by atoms with van der Waals surface area (Å²) >= 11 is 0. The summed E-state index contributed by atoms with van der Waals surface area (Å²) in [6.07, 6.45) is 2.26. The van der Waals surface area contributed by atoms with Gasteiger partial charge >= 0.3 is 0 Å². The maximum absolute atomic E-state index is 6.16.